The largest absolute Gasteiger partial charge is 0.339 e. The Morgan fingerprint density at radius 2 is 1.69 bits per heavy atom. The molecule has 0 bridgehead atoms. The molecule has 2 aliphatic rings. The number of rotatable bonds is 5. The molecule has 2 saturated heterocycles. The van der Waals surface area contributed by atoms with Crippen molar-refractivity contribution in [1.82, 2.24) is 9.21 Å². The normalized spacial score (nSPS) is 20.5. The highest BCUT2D eigenvalue weighted by molar-refractivity contribution is 7.91. The fourth-order valence-electron chi connectivity index (χ4n) is 4.37. The third-order valence-electron chi connectivity index (χ3n) is 6.15. The van der Waals surface area contributed by atoms with Crippen LogP contribution in [0.3, 0.4) is 0 Å². The Labute approximate surface area is 193 Å². The minimum atomic E-state index is -3.59. The lowest BCUT2D eigenvalue weighted by Crippen LogP contribution is -2.43. The summed E-state index contributed by atoms with van der Waals surface area (Å²) in [6, 6.07) is 10.4. The molecule has 32 heavy (non-hydrogen) atoms. The maximum atomic E-state index is 13.1. The first-order valence-corrected chi connectivity index (χ1v) is 13.5. The van der Waals surface area contributed by atoms with E-state index >= 15 is 0 Å². The van der Waals surface area contributed by atoms with Crippen LogP contribution in [0.15, 0.2) is 46.0 Å². The highest BCUT2D eigenvalue weighted by Crippen LogP contribution is 2.28. The highest BCUT2D eigenvalue weighted by atomic mass is 32.2. The first kappa shape index (κ1) is 22.9. The van der Waals surface area contributed by atoms with Gasteiger partial charge in [-0.2, -0.15) is 4.31 Å². The van der Waals surface area contributed by atoms with Crippen molar-refractivity contribution in [3.8, 4) is 0 Å². The third-order valence-corrected chi connectivity index (χ3v) is 9.39. The molecule has 0 unspecified atom stereocenters. The van der Waals surface area contributed by atoms with Crippen molar-refractivity contribution in [2.45, 2.75) is 42.7 Å². The molecule has 1 atom stereocenters. The Hall–Kier alpha value is -2.23. The molecule has 0 spiro atoms. The Morgan fingerprint density at radius 1 is 0.938 bits per heavy atom. The average Bonchev–Trinajstić information content (AvgIpc) is 3.23. The van der Waals surface area contributed by atoms with Crippen LogP contribution >= 0.6 is 11.3 Å². The minimum absolute atomic E-state index is 0.0617. The number of sulfonamides is 1. The lowest BCUT2D eigenvalue weighted by atomic mass is 9.98. The molecule has 2 amide bonds. The summed E-state index contributed by atoms with van der Waals surface area (Å²) in [7, 11) is -3.59. The fraction of sp³-hybridized carbons (Fsp3) is 0.478. The molecule has 3 heterocycles. The van der Waals surface area contributed by atoms with E-state index in [1.807, 2.05) is 4.90 Å². The zero-order valence-electron chi connectivity index (χ0n) is 18.0. The number of likely N-dealkylation sites (tertiary alicyclic amines) is 1. The van der Waals surface area contributed by atoms with Crippen molar-refractivity contribution in [1.29, 1.82) is 0 Å². The Kier molecular flexibility index (Phi) is 7.27. The summed E-state index contributed by atoms with van der Waals surface area (Å²) in [6.07, 6.45) is 5.50. The lowest BCUT2D eigenvalue weighted by Gasteiger charge is -2.31. The van der Waals surface area contributed by atoms with Crippen molar-refractivity contribution in [3.05, 3.63) is 47.3 Å². The molecule has 9 heteroatoms. The Bertz CT molecular complexity index is 1040. The first-order valence-electron chi connectivity index (χ1n) is 11.2. The Balaban J connectivity index is 1.46. The van der Waals surface area contributed by atoms with Crippen molar-refractivity contribution >= 4 is 38.9 Å². The van der Waals surface area contributed by atoms with Gasteiger partial charge in [0.1, 0.15) is 4.21 Å². The number of nitrogens with one attached hydrogen (secondary N) is 1. The average molecular weight is 476 g/mol. The van der Waals surface area contributed by atoms with Crippen LogP contribution in [-0.2, 0) is 14.8 Å². The van der Waals surface area contributed by atoms with Crippen LogP contribution in [0.5, 0.6) is 0 Å². The smallest absolute Gasteiger partial charge is 0.255 e. The van der Waals surface area contributed by atoms with Crippen molar-refractivity contribution in [2.24, 2.45) is 5.92 Å². The van der Waals surface area contributed by atoms with Crippen molar-refractivity contribution in [2.75, 3.05) is 31.5 Å². The van der Waals surface area contributed by atoms with Crippen LogP contribution < -0.4 is 5.32 Å². The molecule has 1 aromatic carbocycles. The van der Waals surface area contributed by atoms with Crippen LogP contribution in [0, 0.1) is 5.92 Å². The second kappa shape index (κ2) is 10.1. The molecule has 0 radical (unpaired) electrons. The molecule has 0 saturated carbocycles. The second-order valence-corrected chi connectivity index (χ2v) is 11.5. The van der Waals surface area contributed by atoms with Gasteiger partial charge in [0.15, 0.2) is 0 Å². The fourth-order valence-corrected chi connectivity index (χ4v) is 7.04. The van der Waals surface area contributed by atoms with E-state index < -0.39 is 15.9 Å². The van der Waals surface area contributed by atoms with E-state index in [0.717, 1.165) is 38.8 Å². The molecule has 7 nitrogen and oxygen atoms in total. The van der Waals surface area contributed by atoms with Gasteiger partial charge in [0.2, 0.25) is 5.91 Å². The number of para-hydroxylation sites is 1. The lowest BCUT2D eigenvalue weighted by molar-refractivity contribution is -0.120. The van der Waals surface area contributed by atoms with Gasteiger partial charge in [0, 0.05) is 26.2 Å². The van der Waals surface area contributed by atoms with Gasteiger partial charge in [-0.3, -0.25) is 9.59 Å². The summed E-state index contributed by atoms with van der Waals surface area (Å²) in [5.41, 5.74) is 0.978. The minimum Gasteiger partial charge on any atom is -0.339 e. The van der Waals surface area contributed by atoms with Gasteiger partial charge >= 0.3 is 0 Å². The molecular formula is C23H29N3O4S2. The molecule has 2 aliphatic heterocycles. The molecule has 4 rings (SSSR count). The summed E-state index contributed by atoms with van der Waals surface area (Å²) in [5, 5.41) is 4.65. The maximum Gasteiger partial charge on any atom is 0.255 e. The zero-order chi connectivity index (χ0) is 22.6. The number of amides is 2. The topological polar surface area (TPSA) is 86.8 Å². The number of benzene rings is 1. The predicted molar refractivity (Wildman–Crippen MR) is 125 cm³/mol. The van der Waals surface area contributed by atoms with E-state index in [4.69, 9.17) is 0 Å². The van der Waals surface area contributed by atoms with Crippen molar-refractivity contribution < 1.29 is 18.0 Å². The van der Waals surface area contributed by atoms with Gasteiger partial charge in [0.05, 0.1) is 17.2 Å². The van der Waals surface area contributed by atoms with Crippen LogP contribution in [0.4, 0.5) is 5.69 Å². The summed E-state index contributed by atoms with van der Waals surface area (Å²) < 4.78 is 27.5. The number of nitrogens with zero attached hydrogens (tertiary/aromatic N) is 2. The monoisotopic (exact) mass is 475 g/mol. The number of hydrogen-bond donors (Lipinski definition) is 1. The van der Waals surface area contributed by atoms with E-state index in [-0.39, 0.29) is 18.4 Å². The van der Waals surface area contributed by atoms with Gasteiger partial charge in [0.25, 0.3) is 15.9 Å². The molecule has 1 aromatic heterocycles. The summed E-state index contributed by atoms with van der Waals surface area (Å²) in [5.74, 6) is -0.764. The molecule has 0 aliphatic carbocycles. The van der Waals surface area contributed by atoms with Crippen LogP contribution in [0.2, 0.25) is 0 Å². The number of thiophene rings is 1. The molecule has 2 aromatic rings. The third kappa shape index (κ3) is 5.05. The first-order chi connectivity index (χ1) is 15.5. The number of carbonyl (C=O) groups excluding carboxylic acids is 2. The number of piperidine rings is 1. The second-order valence-electron chi connectivity index (χ2n) is 8.38. The Morgan fingerprint density at radius 3 is 2.41 bits per heavy atom. The van der Waals surface area contributed by atoms with E-state index in [1.54, 1.807) is 41.8 Å². The number of hydrogen-bond acceptors (Lipinski definition) is 5. The van der Waals surface area contributed by atoms with E-state index in [1.165, 1.54) is 15.6 Å². The van der Waals surface area contributed by atoms with Crippen molar-refractivity contribution in [3.63, 3.8) is 0 Å². The quantitative estimate of drug-likeness (QED) is 0.713. The van der Waals surface area contributed by atoms with E-state index in [9.17, 15) is 18.0 Å². The van der Waals surface area contributed by atoms with Crippen LogP contribution in [-0.4, -0.2) is 55.6 Å². The van der Waals surface area contributed by atoms with Gasteiger partial charge in [-0.15, -0.1) is 11.3 Å². The predicted octanol–water partition coefficient (Wildman–Crippen LogP) is 3.80. The van der Waals surface area contributed by atoms with Crippen LogP contribution in [0.25, 0.3) is 0 Å². The summed E-state index contributed by atoms with van der Waals surface area (Å²) in [6.45, 7) is 2.03. The summed E-state index contributed by atoms with van der Waals surface area (Å²) >= 11 is 1.18. The number of carbonyl (C=O) groups is 2. The van der Waals surface area contributed by atoms with Gasteiger partial charge in [-0.25, -0.2) is 8.42 Å². The van der Waals surface area contributed by atoms with Crippen LogP contribution in [0.1, 0.15) is 48.9 Å². The molecule has 2 fully saturated rings. The standard InChI is InChI=1S/C23H29N3O4S2/c27-22(18-9-7-15-26(17-18)32(29,30)21-12-8-16-31-21)24-20-11-4-3-10-19(20)23(28)25-13-5-1-2-6-14-25/h3-4,8,10-12,16,18H,1-2,5-7,9,13-15,17H2,(H,24,27)/t18-/m0/s1. The van der Waals surface area contributed by atoms with E-state index in [0.29, 0.717) is 34.8 Å². The van der Waals surface area contributed by atoms with Gasteiger partial charge in [-0.1, -0.05) is 31.0 Å². The van der Waals surface area contributed by atoms with Gasteiger partial charge in [-0.05, 0) is 49.3 Å². The molecular weight excluding hydrogens is 446 g/mol. The molecule has 172 valence electrons. The highest BCUT2D eigenvalue weighted by Gasteiger charge is 2.34. The molecule has 1 N–H and O–H groups in total. The summed E-state index contributed by atoms with van der Waals surface area (Å²) in [4.78, 5) is 28.1. The van der Waals surface area contributed by atoms with E-state index in [2.05, 4.69) is 5.32 Å². The SMILES string of the molecule is O=C(Nc1ccccc1C(=O)N1CCCCCC1)[C@H]1CCCN(S(=O)(=O)c2cccs2)C1. The van der Waals surface area contributed by atoms with Gasteiger partial charge < -0.3 is 10.2 Å². The zero-order valence-corrected chi connectivity index (χ0v) is 19.7. The number of anilines is 1. The maximum absolute atomic E-state index is 13.1.